The molecule has 1 fully saturated rings. The van der Waals surface area contributed by atoms with Gasteiger partial charge in [-0.15, -0.1) is 5.10 Å². The van der Waals surface area contributed by atoms with Crippen molar-refractivity contribution in [3.8, 4) is 5.69 Å². The number of nitrogens with zero attached hydrogens (tertiary/aromatic N) is 5. The van der Waals surface area contributed by atoms with Gasteiger partial charge in [-0.2, -0.15) is 5.10 Å². The van der Waals surface area contributed by atoms with Gasteiger partial charge in [0.1, 0.15) is 17.6 Å². The van der Waals surface area contributed by atoms with Crippen LogP contribution in [0.2, 0.25) is 5.15 Å². The molecular formula is C17H17ClFN5O2. The Kier molecular flexibility index (Phi) is 4.47. The summed E-state index contributed by atoms with van der Waals surface area (Å²) in [6, 6.07) is 5.46. The molecule has 4 rings (SSSR count). The van der Waals surface area contributed by atoms with Gasteiger partial charge in [0.05, 0.1) is 24.2 Å². The van der Waals surface area contributed by atoms with Crippen LogP contribution in [0.25, 0.3) is 5.69 Å². The van der Waals surface area contributed by atoms with Crippen LogP contribution in [0.15, 0.2) is 30.5 Å². The number of rotatable bonds is 6. The quantitative estimate of drug-likeness (QED) is 0.687. The van der Waals surface area contributed by atoms with Crippen molar-refractivity contribution < 1.29 is 14.6 Å². The standard InChI is InChI=1S/C17H17ClFN5O2/c18-16-6-15(17(26)13-8-23(22-20-13)7-10-1-2-10)24(21-16)14-4-3-12(19)5-11(14)9-25/h3-6,8,10,17,25-26H,1-2,7,9H2. The fourth-order valence-electron chi connectivity index (χ4n) is 2.88. The molecule has 0 aliphatic heterocycles. The van der Waals surface area contributed by atoms with E-state index in [1.807, 2.05) is 0 Å². The second kappa shape index (κ2) is 6.79. The van der Waals surface area contributed by atoms with E-state index >= 15 is 0 Å². The van der Waals surface area contributed by atoms with Crippen molar-refractivity contribution in [2.75, 3.05) is 0 Å². The zero-order valence-corrected chi connectivity index (χ0v) is 14.5. The van der Waals surface area contributed by atoms with Crippen LogP contribution < -0.4 is 0 Å². The zero-order chi connectivity index (χ0) is 18.3. The van der Waals surface area contributed by atoms with E-state index in [4.69, 9.17) is 11.6 Å². The van der Waals surface area contributed by atoms with Crippen LogP contribution in [0, 0.1) is 11.7 Å². The smallest absolute Gasteiger partial charge is 0.151 e. The maximum absolute atomic E-state index is 13.5. The Bertz CT molecular complexity index is 937. The van der Waals surface area contributed by atoms with Gasteiger partial charge < -0.3 is 10.2 Å². The molecule has 26 heavy (non-hydrogen) atoms. The van der Waals surface area contributed by atoms with Gasteiger partial charge >= 0.3 is 0 Å². The van der Waals surface area contributed by atoms with Crippen LogP contribution >= 0.6 is 11.6 Å². The normalized spacial score (nSPS) is 15.4. The highest BCUT2D eigenvalue weighted by Crippen LogP contribution is 2.31. The minimum absolute atomic E-state index is 0.164. The highest BCUT2D eigenvalue weighted by Gasteiger charge is 2.25. The molecule has 9 heteroatoms. The minimum Gasteiger partial charge on any atom is -0.392 e. The molecule has 2 heterocycles. The Hall–Kier alpha value is -2.29. The van der Waals surface area contributed by atoms with Gasteiger partial charge in [0.25, 0.3) is 0 Å². The maximum atomic E-state index is 13.5. The predicted octanol–water partition coefficient (Wildman–Crippen LogP) is 2.24. The van der Waals surface area contributed by atoms with Gasteiger partial charge in [-0.25, -0.2) is 9.07 Å². The van der Waals surface area contributed by atoms with Crippen LogP contribution in [-0.2, 0) is 13.2 Å². The van der Waals surface area contributed by atoms with Crippen molar-refractivity contribution in [2.45, 2.75) is 32.1 Å². The highest BCUT2D eigenvalue weighted by molar-refractivity contribution is 6.29. The van der Waals surface area contributed by atoms with Crippen LogP contribution in [0.1, 0.15) is 35.9 Å². The fourth-order valence-corrected chi connectivity index (χ4v) is 3.07. The first-order valence-corrected chi connectivity index (χ1v) is 8.66. The summed E-state index contributed by atoms with van der Waals surface area (Å²) in [6.07, 6.45) is 2.97. The van der Waals surface area contributed by atoms with Crippen molar-refractivity contribution in [3.05, 3.63) is 58.4 Å². The molecule has 3 aromatic rings. The third-order valence-corrected chi connectivity index (χ3v) is 4.59. The number of benzene rings is 1. The van der Waals surface area contributed by atoms with Gasteiger partial charge in [0.15, 0.2) is 5.15 Å². The molecule has 1 atom stereocenters. The van der Waals surface area contributed by atoms with Crippen LogP contribution in [-0.4, -0.2) is 35.0 Å². The number of hydrogen-bond donors (Lipinski definition) is 2. The van der Waals surface area contributed by atoms with E-state index in [-0.39, 0.29) is 11.8 Å². The molecule has 1 unspecified atom stereocenters. The molecule has 1 aliphatic carbocycles. The van der Waals surface area contributed by atoms with E-state index in [2.05, 4.69) is 15.4 Å². The molecule has 2 aromatic heterocycles. The van der Waals surface area contributed by atoms with Crippen LogP contribution in [0.4, 0.5) is 4.39 Å². The third kappa shape index (κ3) is 3.35. The van der Waals surface area contributed by atoms with Gasteiger partial charge in [-0.1, -0.05) is 16.8 Å². The molecule has 1 saturated carbocycles. The van der Waals surface area contributed by atoms with Crippen molar-refractivity contribution in [1.82, 2.24) is 24.8 Å². The average molecular weight is 378 g/mol. The molecule has 136 valence electrons. The Morgan fingerprint density at radius 3 is 2.85 bits per heavy atom. The fraction of sp³-hybridized carbons (Fsp3) is 0.353. The first-order valence-electron chi connectivity index (χ1n) is 8.28. The van der Waals surface area contributed by atoms with Crippen molar-refractivity contribution in [1.29, 1.82) is 0 Å². The van der Waals surface area contributed by atoms with Gasteiger partial charge in [-0.3, -0.25) is 4.68 Å². The summed E-state index contributed by atoms with van der Waals surface area (Å²) in [5, 5.41) is 32.7. The summed E-state index contributed by atoms with van der Waals surface area (Å²) in [4.78, 5) is 0. The SMILES string of the molecule is OCc1cc(F)ccc1-n1nc(Cl)cc1C(O)c1cn(CC2CC2)nn1. The van der Waals surface area contributed by atoms with Crippen molar-refractivity contribution in [3.63, 3.8) is 0 Å². The Morgan fingerprint density at radius 2 is 2.12 bits per heavy atom. The number of aliphatic hydroxyl groups is 2. The molecule has 2 N–H and O–H groups in total. The largest absolute Gasteiger partial charge is 0.392 e. The monoisotopic (exact) mass is 377 g/mol. The first kappa shape index (κ1) is 17.1. The third-order valence-electron chi connectivity index (χ3n) is 4.41. The summed E-state index contributed by atoms with van der Waals surface area (Å²) < 4.78 is 16.6. The Labute approximate surface area is 153 Å². The lowest BCUT2D eigenvalue weighted by atomic mass is 10.1. The van der Waals surface area contributed by atoms with Crippen molar-refractivity contribution >= 4 is 11.6 Å². The van der Waals surface area contributed by atoms with Gasteiger partial charge in [-0.05, 0) is 37.0 Å². The molecule has 1 aliphatic rings. The van der Waals surface area contributed by atoms with Crippen LogP contribution in [0.5, 0.6) is 0 Å². The maximum Gasteiger partial charge on any atom is 0.151 e. The number of hydrogen-bond acceptors (Lipinski definition) is 5. The summed E-state index contributed by atoms with van der Waals surface area (Å²) in [7, 11) is 0. The second-order valence-electron chi connectivity index (χ2n) is 6.45. The van der Waals surface area contributed by atoms with Gasteiger partial charge in [0, 0.05) is 18.2 Å². The predicted molar refractivity (Wildman–Crippen MR) is 91.3 cm³/mol. The Balaban J connectivity index is 1.70. The van der Waals surface area contributed by atoms with E-state index < -0.39 is 11.9 Å². The van der Waals surface area contributed by atoms with E-state index in [0.717, 1.165) is 6.54 Å². The lowest BCUT2D eigenvalue weighted by Gasteiger charge is -2.14. The summed E-state index contributed by atoms with van der Waals surface area (Å²) in [5.41, 5.74) is 1.49. The Morgan fingerprint density at radius 1 is 1.31 bits per heavy atom. The van der Waals surface area contributed by atoms with E-state index in [1.165, 1.54) is 41.8 Å². The lowest BCUT2D eigenvalue weighted by Crippen LogP contribution is -2.11. The van der Waals surface area contributed by atoms with E-state index in [0.29, 0.717) is 28.6 Å². The van der Waals surface area contributed by atoms with Gasteiger partial charge in [0.2, 0.25) is 0 Å². The number of aliphatic hydroxyl groups excluding tert-OH is 2. The van der Waals surface area contributed by atoms with E-state index in [9.17, 15) is 14.6 Å². The van der Waals surface area contributed by atoms with Crippen molar-refractivity contribution in [2.24, 2.45) is 5.92 Å². The molecule has 0 spiro atoms. The first-order chi connectivity index (χ1) is 12.5. The molecule has 7 nitrogen and oxygen atoms in total. The lowest BCUT2D eigenvalue weighted by molar-refractivity contribution is 0.206. The molecule has 0 radical (unpaired) electrons. The number of aromatic nitrogens is 5. The molecule has 0 bridgehead atoms. The van der Waals surface area contributed by atoms with Crippen LogP contribution in [0.3, 0.4) is 0 Å². The second-order valence-corrected chi connectivity index (χ2v) is 6.83. The topological polar surface area (TPSA) is 89.0 Å². The summed E-state index contributed by atoms with van der Waals surface area (Å²) in [5.74, 6) is 0.161. The highest BCUT2D eigenvalue weighted by atomic mass is 35.5. The summed E-state index contributed by atoms with van der Waals surface area (Å²) >= 11 is 6.04. The molecular weight excluding hydrogens is 361 g/mol. The minimum atomic E-state index is -1.11. The number of halogens is 2. The zero-order valence-electron chi connectivity index (χ0n) is 13.8. The average Bonchev–Trinajstić information content (AvgIpc) is 3.16. The molecule has 0 amide bonds. The summed E-state index contributed by atoms with van der Waals surface area (Å²) in [6.45, 7) is 0.407. The molecule has 0 saturated heterocycles. The molecule has 1 aromatic carbocycles. The van der Waals surface area contributed by atoms with E-state index in [1.54, 1.807) is 10.9 Å².